The maximum atomic E-state index is 14.1. The summed E-state index contributed by atoms with van der Waals surface area (Å²) in [5.41, 5.74) is -0.750. The molecule has 0 unspecified atom stereocenters. The molecule has 1 fully saturated rings. The number of fused-ring (bicyclic) bond motifs is 1. The number of nitrogens with zero attached hydrogens (tertiary/aromatic N) is 2. The average molecular weight is 441 g/mol. The van der Waals surface area contributed by atoms with Crippen LogP contribution in [0.2, 0.25) is 0 Å². The number of benzene rings is 1. The quantitative estimate of drug-likeness (QED) is 0.727. The first-order chi connectivity index (χ1) is 14.2. The number of ether oxygens (including phenoxy) is 1. The summed E-state index contributed by atoms with van der Waals surface area (Å²) < 4.78 is 48.0. The summed E-state index contributed by atoms with van der Waals surface area (Å²) in [5.74, 6) is -1.85. The molecule has 1 amide bonds. The highest BCUT2D eigenvalue weighted by atomic mass is 19.4. The van der Waals surface area contributed by atoms with Gasteiger partial charge in [0.2, 0.25) is 0 Å². The Labute approximate surface area is 181 Å². The van der Waals surface area contributed by atoms with Gasteiger partial charge in [-0.05, 0) is 62.5 Å². The van der Waals surface area contributed by atoms with E-state index in [4.69, 9.17) is 4.74 Å². The van der Waals surface area contributed by atoms with Crippen LogP contribution in [0.5, 0.6) is 5.75 Å². The number of rotatable bonds is 3. The predicted molar refractivity (Wildman–Crippen MR) is 112 cm³/mol. The highest BCUT2D eigenvalue weighted by Crippen LogP contribution is 2.51. The first kappa shape index (κ1) is 23.6. The molecule has 3 rings (SSSR count). The zero-order valence-electron chi connectivity index (χ0n) is 18.9. The molecule has 5 nitrogen and oxygen atoms in total. The van der Waals surface area contributed by atoms with Gasteiger partial charge in [-0.3, -0.25) is 4.79 Å². The first-order valence-electron chi connectivity index (χ1n) is 10.6. The van der Waals surface area contributed by atoms with Crippen LogP contribution >= 0.6 is 0 Å². The van der Waals surface area contributed by atoms with Crippen LogP contribution in [0, 0.1) is 38.0 Å². The van der Waals surface area contributed by atoms with Crippen LogP contribution in [0.3, 0.4) is 0 Å². The van der Waals surface area contributed by atoms with Crippen molar-refractivity contribution >= 4 is 11.6 Å². The van der Waals surface area contributed by atoms with Crippen molar-refractivity contribution < 1.29 is 27.8 Å². The number of amides is 1. The molecule has 1 aromatic rings. The van der Waals surface area contributed by atoms with Gasteiger partial charge in [0, 0.05) is 5.71 Å². The minimum atomic E-state index is -5.05. The third-order valence-electron chi connectivity index (χ3n) is 6.53. The molecule has 1 saturated carbocycles. The molecule has 2 aliphatic rings. The Morgan fingerprint density at radius 3 is 2.32 bits per heavy atom. The molecule has 1 aromatic carbocycles. The second-order valence-corrected chi connectivity index (χ2v) is 9.93. The maximum Gasteiger partial charge on any atom is 0.439 e. The van der Waals surface area contributed by atoms with Crippen molar-refractivity contribution in [2.75, 3.05) is 6.61 Å². The van der Waals surface area contributed by atoms with Crippen molar-refractivity contribution in [2.45, 2.75) is 72.7 Å². The van der Waals surface area contributed by atoms with Gasteiger partial charge in [0.25, 0.3) is 11.6 Å². The Morgan fingerprint density at radius 1 is 1.23 bits per heavy atom. The number of hydrazone groups is 1. The van der Waals surface area contributed by atoms with Crippen LogP contribution in [0.1, 0.15) is 56.7 Å². The molecule has 0 aromatic heterocycles. The van der Waals surface area contributed by atoms with Crippen LogP contribution in [0.25, 0.3) is 0 Å². The van der Waals surface area contributed by atoms with E-state index in [0.29, 0.717) is 18.6 Å². The molecule has 1 N–H and O–H groups in total. The molecule has 0 saturated heterocycles. The molecule has 1 aliphatic heterocycles. The molecule has 8 heteroatoms. The van der Waals surface area contributed by atoms with Gasteiger partial charge in [0.15, 0.2) is 6.61 Å². The fraction of sp³-hybridized carbons (Fsp3) is 0.652. The minimum Gasteiger partial charge on any atom is -0.483 e. The molecule has 0 bridgehead atoms. The van der Waals surface area contributed by atoms with Crippen molar-refractivity contribution in [3.8, 4) is 5.75 Å². The molecule has 172 valence electrons. The Morgan fingerprint density at radius 2 is 1.81 bits per heavy atom. The van der Waals surface area contributed by atoms with Crippen LogP contribution in [0.4, 0.5) is 13.2 Å². The van der Waals surface area contributed by atoms with Gasteiger partial charge < -0.3 is 9.84 Å². The van der Waals surface area contributed by atoms with E-state index in [1.165, 1.54) is 0 Å². The summed E-state index contributed by atoms with van der Waals surface area (Å²) in [7, 11) is 0. The van der Waals surface area contributed by atoms with Crippen LogP contribution in [0.15, 0.2) is 17.2 Å². The van der Waals surface area contributed by atoms with E-state index in [1.807, 2.05) is 53.7 Å². The van der Waals surface area contributed by atoms with Gasteiger partial charge in [0.05, 0.1) is 5.92 Å². The molecular weight excluding hydrogens is 409 g/mol. The zero-order valence-corrected chi connectivity index (χ0v) is 18.9. The third-order valence-corrected chi connectivity index (χ3v) is 6.53. The third kappa shape index (κ3) is 4.19. The smallest absolute Gasteiger partial charge is 0.439 e. The van der Waals surface area contributed by atoms with E-state index in [0.717, 1.165) is 16.7 Å². The number of aryl methyl sites for hydroxylation is 3. The number of aliphatic hydroxyl groups is 1. The van der Waals surface area contributed by atoms with Crippen LogP contribution in [-0.2, 0) is 4.79 Å². The van der Waals surface area contributed by atoms with Gasteiger partial charge >= 0.3 is 6.18 Å². The van der Waals surface area contributed by atoms with Crippen molar-refractivity contribution in [2.24, 2.45) is 22.4 Å². The van der Waals surface area contributed by atoms with E-state index >= 15 is 0 Å². The molecule has 0 radical (unpaired) electrons. The molecule has 1 aliphatic carbocycles. The molecule has 3 atom stereocenters. The van der Waals surface area contributed by atoms with Crippen molar-refractivity contribution in [3.05, 3.63) is 28.8 Å². The lowest BCUT2D eigenvalue weighted by atomic mass is 9.66. The van der Waals surface area contributed by atoms with Gasteiger partial charge in [-0.2, -0.15) is 23.3 Å². The number of carbonyl (C=O) groups excluding carboxylic acids is 1. The predicted octanol–water partition coefficient (Wildman–Crippen LogP) is 4.90. The summed E-state index contributed by atoms with van der Waals surface area (Å²) in [5, 5.41) is 15.1. The number of alkyl halides is 3. The van der Waals surface area contributed by atoms with Crippen molar-refractivity contribution in [1.82, 2.24) is 5.01 Å². The highest BCUT2D eigenvalue weighted by Gasteiger charge is 2.69. The SMILES string of the molecule is Cc1cc(C)c(OCC(=O)N2N=C3CC[C@H](C(C)(C)C)C[C@H]3[C@@]2(O)C(F)(F)F)c(C)c1. The van der Waals surface area contributed by atoms with E-state index in [9.17, 15) is 23.1 Å². The number of halogens is 3. The Balaban J connectivity index is 1.86. The van der Waals surface area contributed by atoms with Crippen molar-refractivity contribution in [1.29, 1.82) is 0 Å². The Hall–Kier alpha value is -2.09. The summed E-state index contributed by atoms with van der Waals surface area (Å²) in [4.78, 5) is 12.8. The Kier molecular flexibility index (Phi) is 5.93. The first-order valence-corrected chi connectivity index (χ1v) is 10.6. The number of hydrogen-bond acceptors (Lipinski definition) is 4. The van der Waals surface area contributed by atoms with E-state index in [-0.39, 0.29) is 28.5 Å². The second kappa shape index (κ2) is 7.80. The lowest BCUT2D eigenvalue weighted by Gasteiger charge is -2.42. The average Bonchev–Trinajstić information content (AvgIpc) is 2.93. The van der Waals surface area contributed by atoms with Gasteiger partial charge in [-0.15, -0.1) is 0 Å². The fourth-order valence-corrected chi connectivity index (χ4v) is 4.84. The highest BCUT2D eigenvalue weighted by molar-refractivity contribution is 5.93. The lowest BCUT2D eigenvalue weighted by molar-refractivity contribution is -0.318. The summed E-state index contributed by atoms with van der Waals surface area (Å²) in [6, 6.07) is 3.74. The van der Waals surface area contributed by atoms with Crippen LogP contribution in [-0.4, -0.2) is 40.2 Å². The minimum absolute atomic E-state index is 0.0190. The monoisotopic (exact) mass is 440 g/mol. The topological polar surface area (TPSA) is 62.1 Å². The van der Waals surface area contributed by atoms with Crippen molar-refractivity contribution in [3.63, 3.8) is 0 Å². The summed E-state index contributed by atoms with van der Waals surface area (Å²) in [6.45, 7) is 10.8. The maximum absolute atomic E-state index is 14.1. The normalized spacial score (nSPS) is 26.5. The van der Waals surface area contributed by atoms with E-state index < -0.39 is 30.3 Å². The second-order valence-electron chi connectivity index (χ2n) is 9.93. The molecule has 31 heavy (non-hydrogen) atoms. The van der Waals surface area contributed by atoms with Gasteiger partial charge in [-0.25, -0.2) is 0 Å². The van der Waals surface area contributed by atoms with Crippen LogP contribution < -0.4 is 4.74 Å². The largest absolute Gasteiger partial charge is 0.483 e. The Bertz CT molecular complexity index is 881. The molecule has 0 spiro atoms. The molecular formula is C23H31F3N2O3. The molecule has 1 heterocycles. The fourth-order valence-electron chi connectivity index (χ4n) is 4.84. The summed E-state index contributed by atoms with van der Waals surface area (Å²) >= 11 is 0. The number of carbonyl (C=O) groups is 1. The lowest BCUT2D eigenvalue weighted by Crippen LogP contribution is -2.62. The zero-order chi connectivity index (χ0) is 23.4. The van der Waals surface area contributed by atoms with Gasteiger partial charge in [-0.1, -0.05) is 38.5 Å². The van der Waals surface area contributed by atoms with E-state index in [2.05, 4.69) is 5.10 Å². The van der Waals surface area contributed by atoms with E-state index in [1.54, 1.807) is 0 Å². The standard InChI is InChI=1S/C23H31F3N2O3/c1-13-9-14(2)20(15(3)10-13)31-12-19(29)28-22(30,23(24,25)26)17-11-16(21(4,5)6)7-8-18(17)27-28/h9-10,16-17,30H,7-8,11-12H2,1-6H3/t16-,17+,22+/m0/s1. The van der Waals surface area contributed by atoms with Gasteiger partial charge in [0.1, 0.15) is 5.75 Å². The summed E-state index contributed by atoms with van der Waals surface area (Å²) in [6.07, 6.45) is -3.92. The number of hydrogen-bond donors (Lipinski definition) is 1.